The number of aliphatic hydroxyl groups is 1. The number of sulfonamides is 1. The molecule has 2 aromatic carbocycles. The molecule has 0 aliphatic carbocycles. The minimum absolute atomic E-state index is 0.0682. The van der Waals surface area contributed by atoms with Gasteiger partial charge in [-0.05, 0) is 43.2 Å². The Morgan fingerprint density at radius 1 is 1.13 bits per heavy atom. The first-order valence-corrected chi connectivity index (χ1v) is 8.39. The van der Waals surface area contributed by atoms with Gasteiger partial charge in [-0.1, -0.05) is 18.2 Å². The highest BCUT2D eigenvalue weighted by molar-refractivity contribution is 7.89. The molecule has 0 bridgehead atoms. The number of nitrogens with one attached hydrogen (secondary N) is 1. The number of hydrogen-bond acceptors (Lipinski definition) is 3. The average Bonchev–Trinajstić information content (AvgIpc) is 2.47. The molecule has 2 N–H and O–H groups in total. The third kappa shape index (κ3) is 3.93. The van der Waals surface area contributed by atoms with E-state index in [2.05, 4.69) is 4.72 Å². The van der Waals surface area contributed by atoms with Crippen molar-refractivity contribution >= 4 is 10.0 Å². The van der Waals surface area contributed by atoms with E-state index < -0.39 is 39.9 Å². The quantitative estimate of drug-likeness (QED) is 0.878. The van der Waals surface area contributed by atoms with Gasteiger partial charge in [-0.15, -0.1) is 0 Å². The first-order valence-electron chi connectivity index (χ1n) is 6.91. The van der Waals surface area contributed by atoms with E-state index in [4.69, 9.17) is 0 Å². The normalized spacial score (nSPS) is 13.1. The zero-order valence-corrected chi connectivity index (χ0v) is 13.5. The highest BCUT2D eigenvalue weighted by Crippen LogP contribution is 2.21. The lowest BCUT2D eigenvalue weighted by atomic mass is 10.1. The number of aliphatic hydroxyl groups excluding tert-OH is 1. The van der Waals surface area contributed by atoms with E-state index in [1.54, 1.807) is 26.0 Å². The van der Waals surface area contributed by atoms with Gasteiger partial charge >= 0.3 is 0 Å². The molecule has 2 rings (SSSR count). The van der Waals surface area contributed by atoms with Gasteiger partial charge < -0.3 is 5.11 Å². The van der Waals surface area contributed by atoms with Gasteiger partial charge in [-0.2, -0.15) is 0 Å². The molecule has 124 valence electrons. The van der Waals surface area contributed by atoms with Crippen molar-refractivity contribution in [1.82, 2.24) is 4.72 Å². The second kappa shape index (κ2) is 6.74. The molecule has 7 heteroatoms. The van der Waals surface area contributed by atoms with Crippen LogP contribution < -0.4 is 4.72 Å². The van der Waals surface area contributed by atoms with Crippen LogP contribution in [0.1, 0.15) is 22.8 Å². The number of hydrogen-bond donors (Lipinski definition) is 2. The molecule has 0 saturated heterocycles. The maximum Gasteiger partial charge on any atom is 0.240 e. The molecular formula is C16H17F2NO3S. The number of rotatable bonds is 5. The summed E-state index contributed by atoms with van der Waals surface area (Å²) in [5, 5.41) is 9.91. The lowest BCUT2D eigenvalue weighted by Gasteiger charge is -2.15. The van der Waals surface area contributed by atoms with Crippen LogP contribution >= 0.6 is 0 Å². The zero-order chi connectivity index (χ0) is 17.2. The average molecular weight is 341 g/mol. The Labute approximate surface area is 133 Å². The van der Waals surface area contributed by atoms with Crippen molar-refractivity contribution in [2.24, 2.45) is 0 Å². The summed E-state index contributed by atoms with van der Waals surface area (Å²) in [7, 11) is -3.90. The van der Waals surface area contributed by atoms with Crippen LogP contribution in [0.2, 0.25) is 0 Å². The molecule has 4 nitrogen and oxygen atoms in total. The molecule has 2 aromatic rings. The van der Waals surface area contributed by atoms with Crippen molar-refractivity contribution in [3.8, 4) is 0 Å². The topological polar surface area (TPSA) is 66.4 Å². The Bertz CT molecular complexity index is 802. The van der Waals surface area contributed by atoms with Crippen LogP contribution in [0.25, 0.3) is 0 Å². The fourth-order valence-electron chi connectivity index (χ4n) is 2.19. The molecule has 0 aliphatic rings. The number of aryl methyl sites for hydroxylation is 2. The molecular weight excluding hydrogens is 324 g/mol. The molecule has 0 aromatic heterocycles. The highest BCUT2D eigenvalue weighted by Gasteiger charge is 2.22. The summed E-state index contributed by atoms with van der Waals surface area (Å²) in [5.41, 5.74) is 0.738. The molecule has 0 amide bonds. The van der Waals surface area contributed by atoms with Crippen molar-refractivity contribution in [3.63, 3.8) is 0 Å². The van der Waals surface area contributed by atoms with E-state index in [-0.39, 0.29) is 4.90 Å². The van der Waals surface area contributed by atoms with Crippen molar-refractivity contribution in [2.75, 3.05) is 6.54 Å². The third-order valence-corrected chi connectivity index (χ3v) is 5.00. The maximum absolute atomic E-state index is 13.6. The lowest BCUT2D eigenvalue weighted by Crippen LogP contribution is -2.29. The summed E-state index contributed by atoms with van der Waals surface area (Å²) in [6.07, 6.45) is -1.63. The molecule has 1 unspecified atom stereocenters. The van der Waals surface area contributed by atoms with E-state index in [1.807, 2.05) is 0 Å². The van der Waals surface area contributed by atoms with Gasteiger partial charge in [0, 0.05) is 6.54 Å². The fraction of sp³-hybridized carbons (Fsp3) is 0.250. The highest BCUT2D eigenvalue weighted by atomic mass is 32.2. The first-order chi connectivity index (χ1) is 10.7. The second-order valence-corrected chi connectivity index (χ2v) is 7.01. The third-order valence-electron chi connectivity index (χ3n) is 3.43. The number of benzene rings is 2. The SMILES string of the molecule is Cc1ccc(C)c(S(=O)(=O)NCC(O)c2c(F)cccc2F)c1. The van der Waals surface area contributed by atoms with Crippen molar-refractivity contribution < 1.29 is 22.3 Å². The molecule has 0 spiro atoms. The summed E-state index contributed by atoms with van der Waals surface area (Å²) in [6.45, 7) is 2.86. The number of halogens is 2. The van der Waals surface area contributed by atoms with Crippen LogP contribution in [-0.4, -0.2) is 20.1 Å². The Hall–Kier alpha value is -1.83. The summed E-state index contributed by atoms with van der Waals surface area (Å²) in [6, 6.07) is 8.10. The Morgan fingerprint density at radius 2 is 1.74 bits per heavy atom. The van der Waals surface area contributed by atoms with Gasteiger partial charge in [-0.25, -0.2) is 21.9 Å². The largest absolute Gasteiger partial charge is 0.387 e. The fourth-order valence-corrected chi connectivity index (χ4v) is 3.56. The van der Waals surface area contributed by atoms with Gasteiger partial charge in [0.15, 0.2) is 0 Å². The summed E-state index contributed by atoms with van der Waals surface area (Å²) in [5.74, 6) is -1.85. The van der Waals surface area contributed by atoms with Gasteiger partial charge in [0.25, 0.3) is 0 Å². The standard InChI is InChI=1S/C16H17F2NO3S/c1-10-6-7-11(2)15(8-10)23(21,22)19-9-14(20)16-12(17)4-3-5-13(16)18/h3-8,14,19-20H,9H2,1-2H3. The Morgan fingerprint density at radius 3 is 2.35 bits per heavy atom. The molecule has 1 atom stereocenters. The van der Waals surface area contributed by atoms with Crippen LogP contribution in [0.15, 0.2) is 41.3 Å². The molecule has 0 heterocycles. The molecule has 0 radical (unpaired) electrons. The van der Waals surface area contributed by atoms with Crippen molar-refractivity contribution in [2.45, 2.75) is 24.8 Å². The van der Waals surface area contributed by atoms with Gasteiger partial charge in [0.05, 0.1) is 16.6 Å². The van der Waals surface area contributed by atoms with Crippen molar-refractivity contribution in [1.29, 1.82) is 0 Å². The van der Waals surface area contributed by atoms with E-state index in [0.29, 0.717) is 5.56 Å². The monoisotopic (exact) mass is 341 g/mol. The summed E-state index contributed by atoms with van der Waals surface area (Å²) >= 11 is 0. The van der Waals surface area contributed by atoms with Crippen LogP contribution in [0.3, 0.4) is 0 Å². The predicted molar refractivity (Wildman–Crippen MR) is 82.4 cm³/mol. The molecule has 0 fully saturated rings. The van der Waals surface area contributed by atoms with Crippen LogP contribution in [-0.2, 0) is 10.0 Å². The van der Waals surface area contributed by atoms with E-state index >= 15 is 0 Å². The molecule has 0 aliphatic heterocycles. The van der Waals surface area contributed by atoms with Gasteiger partial charge in [-0.3, -0.25) is 0 Å². The Kier molecular flexibility index (Phi) is 5.13. The van der Waals surface area contributed by atoms with E-state index in [9.17, 15) is 22.3 Å². The lowest BCUT2D eigenvalue weighted by molar-refractivity contribution is 0.172. The summed E-state index contributed by atoms with van der Waals surface area (Å²) < 4.78 is 54.0. The Balaban J connectivity index is 2.21. The van der Waals surface area contributed by atoms with E-state index in [1.165, 1.54) is 12.1 Å². The molecule has 23 heavy (non-hydrogen) atoms. The van der Waals surface area contributed by atoms with Gasteiger partial charge in [0.2, 0.25) is 10.0 Å². The summed E-state index contributed by atoms with van der Waals surface area (Å²) in [4.78, 5) is 0.0682. The predicted octanol–water partition coefficient (Wildman–Crippen LogP) is 2.59. The van der Waals surface area contributed by atoms with Crippen LogP contribution in [0.4, 0.5) is 8.78 Å². The minimum Gasteiger partial charge on any atom is -0.387 e. The van der Waals surface area contributed by atoms with E-state index in [0.717, 1.165) is 17.7 Å². The maximum atomic E-state index is 13.6. The minimum atomic E-state index is -3.90. The van der Waals surface area contributed by atoms with Crippen molar-refractivity contribution in [3.05, 3.63) is 64.7 Å². The zero-order valence-electron chi connectivity index (χ0n) is 12.7. The first kappa shape index (κ1) is 17.5. The van der Waals surface area contributed by atoms with Crippen LogP contribution in [0, 0.1) is 25.5 Å². The van der Waals surface area contributed by atoms with Crippen LogP contribution in [0.5, 0.6) is 0 Å². The smallest absolute Gasteiger partial charge is 0.240 e. The van der Waals surface area contributed by atoms with Gasteiger partial charge in [0.1, 0.15) is 11.6 Å². The second-order valence-electron chi connectivity index (χ2n) is 5.27. The molecule has 0 saturated carbocycles.